The molecule has 1 rings (SSSR count). The van der Waals surface area contributed by atoms with Gasteiger partial charge in [-0.3, -0.25) is 0 Å². The first-order valence-corrected chi connectivity index (χ1v) is 6.79. The number of benzene rings is 1. The first-order valence-electron chi connectivity index (χ1n) is 6.41. The fraction of sp³-hybridized carbons (Fsp3) is 0.375. The van der Waals surface area contributed by atoms with Gasteiger partial charge < -0.3 is 0 Å². The molecule has 0 saturated carbocycles. The van der Waals surface area contributed by atoms with E-state index in [0.29, 0.717) is 0 Å². The van der Waals surface area contributed by atoms with Gasteiger partial charge in [0.15, 0.2) is 0 Å². The van der Waals surface area contributed by atoms with Gasteiger partial charge in [-0.1, -0.05) is 74.2 Å². The van der Waals surface area contributed by atoms with Gasteiger partial charge in [0.05, 0.1) is 0 Å². The molecule has 0 saturated heterocycles. The van der Waals surface area contributed by atoms with Crippen molar-refractivity contribution in [3.63, 3.8) is 0 Å². The van der Waals surface area contributed by atoms with Crippen LogP contribution in [0.25, 0.3) is 6.08 Å². The molecule has 1 aromatic carbocycles. The highest BCUT2D eigenvalue weighted by Gasteiger charge is 1.86. The van der Waals surface area contributed by atoms with Crippen LogP contribution in [0.5, 0.6) is 0 Å². The van der Waals surface area contributed by atoms with Crippen molar-refractivity contribution in [1.82, 2.24) is 0 Å². The minimum absolute atomic E-state index is 0.786. The largest absolute Gasteiger partial charge is 0.0845 e. The van der Waals surface area contributed by atoms with Crippen LogP contribution in [0.4, 0.5) is 0 Å². The highest BCUT2D eigenvalue weighted by atomic mass is 35.5. The third-order valence-electron chi connectivity index (χ3n) is 2.63. The van der Waals surface area contributed by atoms with Crippen molar-refractivity contribution in [2.75, 3.05) is 0 Å². The van der Waals surface area contributed by atoms with Crippen LogP contribution in [0.2, 0.25) is 5.02 Å². The minimum atomic E-state index is 0.786. The van der Waals surface area contributed by atoms with Crippen LogP contribution in [-0.2, 0) is 0 Å². The molecule has 0 atom stereocenters. The lowest BCUT2D eigenvalue weighted by atomic mass is 10.1. The van der Waals surface area contributed by atoms with Gasteiger partial charge in [-0.15, -0.1) is 0 Å². The molecule has 0 N–H and O–H groups in total. The summed E-state index contributed by atoms with van der Waals surface area (Å²) in [5.41, 5.74) is 1.19. The van der Waals surface area contributed by atoms with Crippen molar-refractivity contribution in [2.45, 2.75) is 39.0 Å². The van der Waals surface area contributed by atoms with Gasteiger partial charge in [-0.05, 0) is 30.5 Å². The Balaban J connectivity index is 2.21. The van der Waals surface area contributed by atoms with E-state index < -0.39 is 0 Å². The van der Waals surface area contributed by atoms with Crippen molar-refractivity contribution >= 4 is 17.7 Å². The van der Waals surface area contributed by atoms with E-state index in [0.717, 1.165) is 5.02 Å². The molecular weight excluding hydrogens is 228 g/mol. The number of rotatable bonds is 7. The minimum Gasteiger partial charge on any atom is -0.0845 e. The maximum Gasteiger partial charge on any atom is 0.0406 e. The summed E-state index contributed by atoms with van der Waals surface area (Å²) in [5.74, 6) is 0. The van der Waals surface area contributed by atoms with Crippen LogP contribution in [0.15, 0.2) is 42.5 Å². The predicted octanol–water partition coefficient (Wildman–Crippen LogP) is 5.88. The van der Waals surface area contributed by atoms with Crippen molar-refractivity contribution in [2.24, 2.45) is 0 Å². The van der Waals surface area contributed by atoms with Crippen molar-refractivity contribution in [3.05, 3.63) is 53.1 Å². The van der Waals surface area contributed by atoms with E-state index in [9.17, 15) is 0 Å². The summed E-state index contributed by atoms with van der Waals surface area (Å²) in [7, 11) is 0. The van der Waals surface area contributed by atoms with Crippen molar-refractivity contribution in [3.8, 4) is 0 Å². The smallest absolute Gasteiger partial charge is 0.0406 e. The molecule has 0 heterocycles. The maximum absolute atomic E-state index is 5.82. The number of hydrogen-bond donors (Lipinski definition) is 0. The van der Waals surface area contributed by atoms with E-state index in [-0.39, 0.29) is 0 Å². The lowest BCUT2D eigenvalue weighted by Crippen LogP contribution is -1.73. The summed E-state index contributed by atoms with van der Waals surface area (Å²) in [6.07, 6.45) is 15.0. The third kappa shape index (κ3) is 7.01. The summed E-state index contributed by atoms with van der Waals surface area (Å²) in [4.78, 5) is 0. The van der Waals surface area contributed by atoms with Crippen molar-refractivity contribution < 1.29 is 0 Å². The predicted molar refractivity (Wildman–Crippen MR) is 78.4 cm³/mol. The molecule has 0 spiro atoms. The quantitative estimate of drug-likeness (QED) is 0.418. The lowest BCUT2D eigenvalue weighted by Gasteiger charge is -1.93. The Labute approximate surface area is 110 Å². The molecule has 0 amide bonds. The molecule has 0 nitrogen and oxygen atoms in total. The Bertz CT molecular complexity index is 346. The van der Waals surface area contributed by atoms with E-state index in [1.54, 1.807) is 0 Å². The average molecular weight is 249 g/mol. The molecule has 0 unspecified atom stereocenters. The van der Waals surface area contributed by atoms with Gasteiger partial charge in [-0.2, -0.15) is 0 Å². The molecule has 92 valence electrons. The van der Waals surface area contributed by atoms with Gasteiger partial charge >= 0.3 is 0 Å². The van der Waals surface area contributed by atoms with E-state index in [1.165, 1.54) is 37.7 Å². The lowest BCUT2D eigenvalue weighted by molar-refractivity contribution is 0.674. The molecule has 0 radical (unpaired) electrons. The number of hydrogen-bond acceptors (Lipinski definition) is 0. The van der Waals surface area contributed by atoms with Gasteiger partial charge in [0.25, 0.3) is 0 Å². The molecule has 0 bridgehead atoms. The van der Waals surface area contributed by atoms with Crippen LogP contribution in [-0.4, -0.2) is 0 Å². The van der Waals surface area contributed by atoms with Gasteiger partial charge in [-0.25, -0.2) is 0 Å². The first kappa shape index (κ1) is 14.1. The van der Waals surface area contributed by atoms with Crippen LogP contribution in [0.3, 0.4) is 0 Å². The number of allylic oxidation sites excluding steroid dienone is 3. The zero-order valence-electron chi connectivity index (χ0n) is 10.5. The Morgan fingerprint density at radius 1 is 1.00 bits per heavy atom. The summed E-state index contributed by atoms with van der Waals surface area (Å²) < 4.78 is 0. The molecule has 0 aliphatic carbocycles. The molecule has 1 heteroatoms. The Hall–Kier alpha value is -1.01. The number of halogens is 1. The standard InChI is InChI=1S/C16H21Cl/c1-2-3-4-5-6-7-8-9-10-15-11-13-16(17)14-12-15/h7-14H,2-6H2,1H3/b8-7+,10-9+. The summed E-state index contributed by atoms with van der Waals surface area (Å²) >= 11 is 5.82. The summed E-state index contributed by atoms with van der Waals surface area (Å²) in [6.45, 7) is 2.24. The normalized spacial score (nSPS) is 11.6. The van der Waals surface area contributed by atoms with E-state index >= 15 is 0 Å². The molecule has 0 fully saturated rings. The Kier molecular flexibility index (Phi) is 7.49. The fourth-order valence-electron chi connectivity index (χ4n) is 1.60. The second-order valence-corrected chi connectivity index (χ2v) is 4.62. The summed E-state index contributed by atoms with van der Waals surface area (Å²) in [5, 5.41) is 0.786. The van der Waals surface area contributed by atoms with Crippen LogP contribution in [0.1, 0.15) is 44.6 Å². The van der Waals surface area contributed by atoms with Crippen molar-refractivity contribution in [1.29, 1.82) is 0 Å². The zero-order chi connectivity index (χ0) is 12.3. The molecule has 17 heavy (non-hydrogen) atoms. The van der Waals surface area contributed by atoms with Crippen LogP contribution in [0, 0.1) is 0 Å². The third-order valence-corrected chi connectivity index (χ3v) is 2.88. The molecule has 0 aromatic heterocycles. The second-order valence-electron chi connectivity index (χ2n) is 4.19. The van der Waals surface area contributed by atoms with E-state index in [2.05, 4.69) is 31.2 Å². The fourth-order valence-corrected chi connectivity index (χ4v) is 1.73. The highest BCUT2D eigenvalue weighted by Crippen LogP contribution is 2.10. The topological polar surface area (TPSA) is 0 Å². The molecule has 0 aliphatic rings. The summed E-state index contributed by atoms with van der Waals surface area (Å²) in [6, 6.07) is 7.87. The van der Waals surface area contributed by atoms with E-state index in [1.807, 2.05) is 24.3 Å². The second kappa shape index (κ2) is 9.07. The van der Waals surface area contributed by atoms with Crippen LogP contribution < -0.4 is 0 Å². The monoisotopic (exact) mass is 248 g/mol. The van der Waals surface area contributed by atoms with Crippen LogP contribution >= 0.6 is 11.6 Å². The molecular formula is C16H21Cl. The molecule has 0 aliphatic heterocycles. The van der Waals surface area contributed by atoms with Gasteiger partial charge in [0.2, 0.25) is 0 Å². The maximum atomic E-state index is 5.82. The first-order chi connectivity index (χ1) is 8.33. The van der Waals surface area contributed by atoms with Gasteiger partial charge in [0.1, 0.15) is 0 Å². The Morgan fingerprint density at radius 2 is 1.76 bits per heavy atom. The highest BCUT2D eigenvalue weighted by molar-refractivity contribution is 6.30. The van der Waals surface area contributed by atoms with Gasteiger partial charge in [0, 0.05) is 5.02 Å². The molecule has 1 aromatic rings. The van der Waals surface area contributed by atoms with E-state index in [4.69, 9.17) is 11.6 Å². The SMILES string of the molecule is CCCCCC/C=C/C=C/c1ccc(Cl)cc1. The Morgan fingerprint density at radius 3 is 2.47 bits per heavy atom. The zero-order valence-corrected chi connectivity index (χ0v) is 11.3. The average Bonchev–Trinajstić information content (AvgIpc) is 2.35. The number of unbranched alkanes of at least 4 members (excludes halogenated alkanes) is 4.